The Balaban J connectivity index is 0.000000381. The largest absolute Gasteiger partial charge is 0.416 e. The zero-order chi connectivity index (χ0) is 18.0. The Morgan fingerprint density at radius 3 is 1.65 bits per heavy atom. The van der Waals surface area contributed by atoms with E-state index < -0.39 is 11.7 Å². The Morgan fingerprint density at radius 1 is 0.826 bits per heavy atom. The van der Waals surface area contributed by atoms with Gasteiger partial charge in [0.2, 0.25) is 0 Å². The molecule has 2 rings (SSSR count). The molecule has 0 unspecified atom stereocenters. The summed E-state index contributed by atoms with van der Waals surface area (Å²) in [6, 6.07) is 12.1. The van der Waals surface area contributed by atoms with Crippen LogP contribution in [-0.4, -0.2) is 0 Å². The van der Waals surface area contributed by atoms with Crippen molar-refractivity contribution < 1.29 is 17.6 Å². The third-order valence-electron chi connectivity index (χ3n) is 2.99. The molecule has 0 aliphatic rings. The molecule has 4 heteroatoms. The average Bonchev–Trinajstić information content (AvgIpc) is 2.49. The van der Waals surface area contributed by atoms with Crippen LogP contribution in [0.25, 0.3) is 0 Å². The molecule has 0 amide bonds. The van der Waals surface area contributed by atoms with E-state index in [0.29, 0.717) is 5.92 Å². The molecule has 0 fully saturated rings. The number of hydrogen-bond donors (Lipinski definition) is 0. The molecule has 128 valence electrons. The molecule has 0 radical (unpaired) electrons. The van der Waals surface area contributed by atoms with E-state index in [1.54, 1.807) is 6.07 Å². The van der Waals surface area contributed by atoms with Crippen LogP contribution in [0.4, 0.5) is 17.6 Å². The molecule has 2 aromatic rings. The Bertz CT molecular complexity index is 554. The summed E-state index contributed by atoms with van der Waals surface area (Å²) in [5.41, 5.74) is 0.890. The lowest BCUT2D eigenvalue weighted by Crippen LogP contribution is -2.06. The fourth-order valence-electron chi connectivity index (χ4n) is 1.74. The van der Waals surface area contributed by atoms with Crippen molar-refractivity contribution in [2.24, 2.45) is 0 Å². The molecule has 23 heavy (non-hydrogen) atoms. The van der Waals surface area contributed by atoms with Gasteiger partial charge in [0, 0.05) is 0 Å². The lowest BCUT2D eigenvalue weighted by molar-refractivity contribution is -0.138. The van der Waals surface area contributed by atoms with E-state index in [1.165, 1.54) is 36.8 Å². The van der Waals surface area contributed by atoms with E-state index in [9.17, 15) is 17.6 Å². The van der Waals surface area contributed by atoms with Gasteiger partial charge >= 0.3 is 6.18 Å². The SMILES string of the molecule is CC.CC(C)c1ccc(F)cc1.Cc1ccccc1C(F)(F)F. The molecular weight excluding hydrogens is 304 g/mol. The van der Waals surface area contributed by atoms with Gasteiger partial charge in [-0.05, 0) is 42.2 Å². The predicted molar refractivity (Wildman–Crippen MR) is 88.0 cm³/mol. The highest BCUT2D eigenvalue weighted by Gasteiger charge is 2.31. The van der Waals surface area contributed by atoms with Crippen LogP contribution in [0.2, 0.25) is 0 Å². The minimum Gasteiger partial charge on any atom is -0.207 e. The first-order chi connectivity index (χ1) is 10.7. The number of aryl methyl sites for hydroxylation is 1. The summed E-state index contributed by atoms with van der Waals surface area (Å²) in [6.45, 7) is 9.63. The van der Waals surface area contributed by atoms with Gasteiger partial charge in [-0.2, -0.15) is 13.2 Å². The predicted octanol–water partition coefficient (Wildman–Crippen LogP) is 6.99. The number of benzene rings is 2. The smallest absolute Gasteiger partial charge is 0.207 e. The highest BCUT2D eigenvalue weighted by molar-refractivity contribution is 5.27. The molecule has 0 aliphatic carbocycles. The minimum atomic E-state index is -4.22. The van der Waals surface area contributed by atoms with Crippen LogP contribution < -0.4 is 0 Å². The maximum Gasteiger partial charge on any atom is 0.416 e. The average molecular weight is 328 g/mol. The molecule has 0 bridgehead atoms. The van der Waals surface area contributed by atoms with Gasteiger partial charge < -0.3 is 0 Å². The van der Waals surface area contributed by atoms with Crippen molar-refractivity contribution in [1.29, 1.82) is 0 Å². The van der Waals surface area contributed by atoms with Gasteiger partial charge in [0.25, 0.3) is 0 Å². The van der Waals surface area contributed by atoms with E-state index in [4.69, 9.17) is 0 Å². The van der Waals surface area contributed by atoms with Crippen molar-refractivity contribution in [3.8, 4) is 0 Å². The quantitative estimate of drug-likeness (QED) is 0.495. The number of halogens is 4. The molecule has 0 spiro atoms. The maximum absolute atomic E-state index is 12.4. The van der Waals surface area contributed by atoms with Gasteiger partial charge in [-0.15, -0.1) is 0 Å². The van der Waals surface area contributed by atoms with Crippen molar-refractivity contribution in [3.05, 3.63) is 71.0 Å². The maximum atomic E-state index is 12.4. The number of alkyl halides is 3. The molecule has 0 N–H and O–H groups in total. The van der Waals surface area contributed by atoms with E-state index in [1.807, 2.05) is 26.0 Å². The van der Waals surface area contributed by atoms with Crippen LogP contribution in [0, 0.1) is 12.7 Å². The summed E-state index contributed by atoms with van der Waals surface area (Å²) in [5.74, 6) is 0.324. The Hall–Kier alpha value is -1.84. The van der Waals surface area contributed by atoms with Gasteiger partial charge in [-0.25, -0.2) is 4.39 Å². The summed E-state index contributed by atoms with van der Waals surface area (Å²) in [5, 5.41) is 0. The zero-order valence-corrected chi connectivity index (χ0v) is 14.2. The monoisotopic (exact) mass is 328 g/mol. The van der Waals surface area contributed by atoms with E-state index >= 15 is 0 Å². The Kier molecular flexibility index (Phi) is 9.23. The van der Waals surface area contributed by atoms with Crippen molar-refractivity contribution in [3.63, 3.8) is 0 Å². The third-order valence-corrected chi connectivity index (χ3v) is 2.99. The standard InChI is InChI=1S/C9H11F.C8H7F3.C2H6/c1-7(2)8-3-5-9(10)6-4-8;1-6-4-2-3-5-7(6)8(9,10)11;1-2/h3-7H,1-2H3;2-5H,1H3;1-2H3. The highest BCUT2D eigenvalue weighted by Crippen LogP contribution is 2.31. The van der Waals surface area contributed by atoms with Gasteiger partial charge in [-0.1, -0.05) is 58.0 Å². The molecule has 0 aromatic heterocycles. The summed E-state index contributed by atoms with van der Waals surface area (Å²) in [7, 11) is 0. The highest BCUT2D eigenvalue weighted by atomic mass is 19.4. The fraction of sp³-hybridized carbons (Fsp3) is 0.368. The first-order valence-electron chi connectivity index (χ1n) is 7.60. The van der Waals surface area contributed by atoms with Crippen molar-refractivity contribution >= 4 is 0 Å². The van der Waals surface area contributed by atoms with Crippen LogP contribution in [0.3, 0.4) is 0 Å². The molecule has 0 heterocycles. The second-order valence-electron chi connectivity index (χ2n) is 5.02. The normalized spacial score (nSPS) is 10.3. The summed E-state index contributed by atoms with van der Waals surface area (Å²) >= 11 is 0. The number of hydrogen-bond acceptors (Lipinski definition) is 0. The molecule has 0 atom stereocenters. The molecule has 0 saturated carbocycles. The molecule has 0 nitrogen and oxygen atoms in total. The zero-order valence-electron chi connectivity index (χ0n) is 14.2. The summed E-state index contributed by atoms with van der Waals surface area (Å²) in [4.78, 5) is 0. The van der Waals surface area contributed by atoms with Gasteiger partial charge in [0.1, 0.15) is 5.82 Å². The molecule has 0 saturated heterocycles. The van der Waals surface area contributed by atoms with Crippen LogP contribution in [0.15, 0.2) is 48.5 Å². The molecule has 2 aromatic carbocycles. The minimum absolute atomic E-state index is 0.163. The second kappa shape index (κ2) is 10.0. The lowest BCUT2D eigenvalue weighted by Gasteiger charge is -2.08. The van der Waals surface area contributed by atoms with E-state index in [-0.39, 0.29) is 11.4 Å². The molecule has 0 aliphatic heterocycles. The van der Waals surface area contributed by atoms with Crippen molar-refractivity contribution in [2.45, 2.75) is 46.7 Å². The fourth-order valence-corrected chi connectivity index (χ4v) is 1.74. The van der Waals surface area contributed by atoms with Crippen LogP contribution in [0.5, 0.6) is 0 Å². The van der Waals surface area contributed by atoms with Gasteiger partial charge in [-0.3, -0.25) is 0 Å². The first-order valence-corrected chi connectivity index (χ1v) is 7.60. The van der Waals surface area contributed by atoms with E-state index in [2.05, 4.69) is 13.8 Å². The van der Waals surface area contributed by atoms with Crippen LogP contribution in [0.1, 0.15) is 50.3 Å². The Labute approximate surface area is 136 Å². The first kappa shape index (κ1) is 21.2. The lowest BCUT2D eigenvalue weighted by atomic mass is 10.0. The summed E-state index contributed by atoms with van der Waals surface area (Å²) < 4.78 is 48.5. The van der Waals surface area contributed by atoms with Crippen LogP contribution >= 0.6 is 0 Å². The van der Waals surface area contributed by atoms with Crippen molar-refractivity contribution in [1.82, 2.24) is 0 Å². The molecular formula is C19H24F4. The van der Waals surface area contributed by atoms with E-state index in [0.717, 1.165) is 6.07 Å². The van der Waals surface area contributed by atoms with Gasteiger partial charge in [0.05, 0.1) is 5.56 Å². The van der Waals surface area contributed by atoms with Crippen LogP contribution in [-0.2, 0) is 6.18 Å². The second-order valence-corrected chi connectivity index (χ2v) is 5.02. The summed E-state index contributed by atoms with van der Waals surface area (Å²) in [6.07, 6.45) is -4.22. The Morgan fingerprint density at radius 2 is 1.30 bits per heavy atom. The number of rotatable bonds is 1. The van der Waals surface area contributed by atoms with Gasteiger partial charge in [0.15, 0.2) is 0 Å². The topological polar surface area (TPSA) is 0 Å². The third kappa shape index (κ3) is 7.82. The van der Waals surface area contributed by atoms with Crippen molar-refractivity contribution in [2.75, 3.05) is 0 Å².